The lowest BCUT2D eigenvalue weighted by Gasteiger charge is -2.40. The minimum atomic E-state index is -0.673. The molecule has 2 aliphatic rings. The Kier molecular flexibility index (Phi) is 5.55. The number of carbonyl (C=O) groups is 1. The van der Waals surface area contributed by atoms with Crippen molar-refractivity contribution in [2.75, 3.05) is 31.1 Å². The smallest absolute Gasteiger partial charge is 0.410 e. The summed E-state index contributed by atoms with van der Waals surface area (Å²) < 4.78 is 31.6. The van der Waals surface area contributed by atoms with Crippen LogP contribution < -0.4 is 4.90 Å². The molecule has 1 amide bonds. The molecule has 2 saturated heterocycles. The molecule has 3 rings (SSSR count). The Morgan fingerprint density at radius 1 is 1.36 bits per heavy atom. The summed E-state index contributed by atoms with van der Waals surface area (Å²) >= 11 is 0. The highest BCUT2D eigenvalue weighted by molar-refractivity contribution is 5.69. The zero-order valence-electron chi connectivity index (χ0n) is 17.5. The van der Waals surface area contributed by atoms with Crippen molar-refractivity contribution in [2.24, 2.45) is 0 Å². The molecule has 0 spiro atoms. The van der Waals surface area contributed by atoms with Crippen LogP contribution in [0, 0.1) is 5.82 Å². The maximum Gasteiger partial charge on any atom is 0.410 e. The maximum absolute atomic E-state index is 14.8. The van der Waals surface area contributed by atoms with Crippen LogP contribution in [0.3, 0.4) is 0 Å². The molecular formula is C20H30FN3O4. The Bertz CT molecular complexity index is 735. The molecule has 0 N–H and O–H groups in total. The van der Waals surface area contributed by atoms with Crippen molar-refractivity contribution >= 4 is 11.9 Å². The normalized spacial score (nSPS) is 25.1. The predicted octanol–water partition coefficient (Wildman–Crippen LogP) is 3.49. The molecule has 2 fully saturated rings. The zero-order valence-corrected chi connectivity index (χ0v) is 17.5. The second-order valence-corrected chi connectivity index (χ2v) is 8.86. The van der Waals surface area contributed by atoms with E-state index in [0.29, 0.717) is 31.8 Å². The first-order valence-electron chi connectivity index (χ1n) is 9.67. The van der Waals surface area contributed by atoms with E-state index < -0.39 is 17.2 Å². The van der Waals surface area contributed by atoms with Gasteiger partial charge in [0, 0.05) is 37.4 Å². The van der Waals surface area contributed by atoms with Crippen LogP contribution in [0.15, 0.2) is 12.3 Å². The zero-order chi connectivity index (χ0) is 20.7. The molecule has 1 aromatic rings. The van der Waals surface area contributed by atoms with E-state index in [1.807, 2.05) is 46.4 Å². The van der Waals surface area contributed by atoms with Crippen LogP contribution in [0.5, 0.6) is 0 Å². The van der Waals surface area contributed by atoms with E-state index in [1.165, 1.54) is 6.07 Å². The fraction of sp³-hybridized carbons (Fsp3) is 0.700. The third-order valence-corrected chi connectivity index (χ3v) is 4.78. The van der Waals surface area contributed by atoms with Gasteiger partial charge in [0.2, 0.25) is 0 Å². The highest BCUT2D eigenvalue weighted by Crippen LogP contribution is 2.34. The van der Waals surface area contributed by atoms with Crippen LogP contribution in [-0.2, 0) is 14.2 Å². The topological polar surface area (TPSA) is 64.1 Å². The Morgan fingerprint density at radius 2 is 2.07 bits per heavy atom. The number of hydrogen-bond donors (Lipinski definition) is 0. The van der Waals surface area contributed by atoms with E-state index >= 15 is 0 Å². The summed E-state index contributed by atoms with van der Waals surface area (Å²) in [5, 5.41) is 0. The summed E-state index contributed by atoms with van der Waals surface area (Å²) in [7, 11) is 0. The molecule has 2 unspecified atom stereocenters. The first-order valence-corrected chi connectivity index (χ1v) is 9.67. The van der Waals surface area contributed by atoms with Crippen molar-refractivity contribution in [1.29, 1.82) is 0 Å². The monoisotopic (exact) mass is 395 g/mol. The molecule has 0 aromatic carbocycles. The number of rotatable bonds is 2. The van der Waals surface area contributed by atoms with Gasteiger partial charge >= 0.3 is 6.09 Å². The van der Waals surface area contributed by atoms with Crippen LogP contribution in [0.2, 0.25) is 0 Å². The molecular weight excluding hydrogens is 365 g/mol. The molecule has 0 bridgehead atoms. The summed E-state index contributed by atoms with van der Waals surface area (Å²) in [6.07, 6.45) is 0.970. The molecule has 1 aromatic heterocycles. The molecule has 28 heavy (non-hydrogen) atoms. The number of aromatic nitrogens is 1. The van der Waals surface area contributed by atoms with Gasteiger partial charge in [-0.25, -0.2) is 14.2 Å². The van der Waals surface area contributed by atoms with Crippen molar-refractivity contribution in [3.63, 3.8) is 0 Å². The quantitative estimate of drug-likeness (QED) is 0.764. The molecule has 7 nitrogen and oxygen atoms in total. The maximum atomic E-state index is 14.8. The number of carbonyl (C=O) groups excluding carboxylic acids is 1. The van der Waals surface area contributed by atoms with Gasteiger partial charge in [-0.3, -0.25) is 0 Å². The van der Waals surface area contributed by atoms with Crippen molar-refractivity contribution in [3.05, 3.63) is 23.6 Å². The van der Waals surface area contributed by atoms with Gasteiger partial charge < -0.3 is 24.0 Å². The third-order valence-electron chi connectivity index (χ3n) is 4.78. The fourth-order valence-electron chi connectivity index (χ4n) is 3.45. The second kappa shape index (κ2) is 7.48. The average Bonchev–Trinajstić information content (AvgIpc) is 2.93. The van der Waals surface area contributed by atoms with Gasteiger partial charge in [-0.15, -0.1) is 0 Å². The number of piperazine rings is 1. The highest BCUT2D eigenvalue weighted by Gasteiger charge is 2.35. The fourth-order valence-corrected chi connectivity index (χ4v) is 3.45. The molecule has 0 aliphatic carbocycles. The van der Waals surface area contributed by atoms with E-state index in [4.69, 9.17) is 14.2 Å². The van der Waals surface area contributed by atoms with E-state index in [2.05, 4.69) is 4.98 Å². The standard InChI is InChI=1S/C20H30FN3O4/c1-13-11-23(7-8-24(13)18(25)28-19(2,3)4)17-15(21)9-14(10-22-17)16-12-26-20(5,6)27-16/h9-10,13,16H,7-8,11-12H2,1-6H3. The largest absolute Gasteiger partial charge is 0.444 e. The van der Waals surface area contributed by atoms with Gasteiger partial charge in [-0.1, -0.05) is 0 Å². The molecule has 3 heterocycles. The number of anilines is 1. The van der Waals surface area contributed by atoms with Crippen molar-refractivity contribution in [2.45, 2.75) is 65.1 Å². The number of pyridine rings is 1. The molecule has 0 saturated carbocycles. The van der Waals surface area contributed by atoms with Gasteiger partial charge in [-0.2, -0.15) is 0 Å². The van der Waals surface area contributed by atoms with Gasteiger partial charge in [0.1, 0.15) is 11.7 Å². The first kappa shape index (κ1) is 20.8. The van der Waals surface area contributed by atoms with Gasteiger partial charge in [0.25, 0.3) is 0 Å². The van der Waals surface area contributed by atoms with E-state index in [-0.39, 0.29) is 24.1 Å². The van der Waals surface area contributed by atoms with E-state index in [0.717, 1.165) is 0 Å². The minimum Gasteiger partial charge on any atom is -0.444 e. The lowest BCUT2D eigenvalue weighted by molar-refractivity contribution is -0.139. The lowest BCUT2D eigenvalue weighted by atomic mass is 10.1. The van der Waals surface area contributed by atoms with Crippen LogP contribution in [0.25, 0.3) is 0 Å². The lowest BCUT2D eigenvalue weighted by Crippen LogP contribution is -2.55. The molecule has 156 valence electrons. The Morgan fingerprint density at radius 3 is 2.61 bits per heavy atom. The number of halogens is 1. The van der Waals surface area contributed by atoms with Gasteiger partial charge in [0.05, 0.1) is 6.61 Å². The van der Waals surface area contributed by atoms with Crippen molar-refractivity contribution in [1.82, 2.24) is 9.88 Å². The first-order chi connectivity index (χ1) is 13.0. The van der Waals surface area contributed by atoms with Gasteiger partial charge in [0.15, 0.2) is 17.4 Å². The van der Waals surface area contributed by atoms with Crippen molar-refractivity contribution in [3.8, 4) is 0 Å². The highest BCUT2D eigenvalue weighted by atomic mass is 19.1. The number of amides is 1. The number of nitrogens with zero attached hydrogens (tertiary/aromatic N) is 3. The summed E-state index contributed by atoms with van der Waals surface area (Å²) in [6, 6.07) is 1.35. The van der Waals surface area contributed by atoms with Crippen LogP contribution in [0.1, 0.15) is 53.2 Å². The SMILES string of the molecule is CC1CN(c2ncc(C3COC(C)(C)O3)cc2F)CCN1C(=O)OC(C)(C)C. The molecule has 8 heteroatoms. The van der Waals surface area contributed by atoms with Crippen LogP contribution in [-0.4, -0.2) is 59.6 Å². The number of ether oxygens (including phenoxy) is 3. The van der Waals surface area contributed by atoms with Gasteiger partial charge in [-0.05, 0) is 47.6 Å². The Hall–Kier alpha value is -1.93. The Labute approximate surface area is 165 Å². The third kappa shape index (κ3) is 4.72. The summed E-state index contributed by atoms with van der Waals surface area (Å²) in [5.41, 5.74) is 0.116. The Balaban J connectivity index is 1.66. The molecule has 2 atom stereocenters. The average molecular weight is 395 g/mol. The second-order valence-electron chi connectivity index (χ2n) is 8.86. The van der Waals surface area contributed by atoms with E-state index in [9.17, 15) is 9.18 Å². The van der Waals surface area contributed by atoms with E-state index in [1.54, 1.807) is 11.1 Å². The molecule has 0 radical (unpaired) electrons. The summed E-state index contributed by atoms with van der Waals surface area (Å²) in [6.45, 7) is 12.9. The molecule has 2 aliphatic heterocycles. The van der Waals surface area contributed by atoms with Crippen LogP contribution in [0.4, 0.5) is 15.0 Å². The minimum absolute atomic E-state index is 0.114. The summed E-state index contributed by atoms with van der Waals surface area (Å²) in [5.74, 6) is -0.783. The predicted molar refractivity (Wildman–Crippen MR) is 103 cm³/mol. The number of hydrogen-bond acceptors (Lipinski definition) is 6. The summed E-state index contributed by atoms with van der Waals surface area (Å²) in [4.78, 5) is 20.2. The van der Waals surface area contributed by atoms with Crippen molar-refractivity contribution < 1.29 is 23.4 Å². The van der Waals surface area contributed by atoms with Crippen LogP contribution >= 0.6 is 0 Å².